The number of methoxy groups -OCH3 is 1. The average molecular weight is 425 g/mol. The average Bonchev–Trinajstić information content (AvgIpc) is 3.53. The van der Waals surface area contributed by atoms with Crippen LogP contribution in [0.1, 0.15) is 42.5 Å². The highest BCUT2D eigenvalue weighted by atomic mass is 16.5. The molecule has 3 aliphatic rings. The highest BCUT2D eigenvalue weighted by Crippen LogP contribution is 2.38. The fourth-order valence-corrected chi connectivity index (χ4v) is 5.44. The number of hydrogen-bond acceptors (Lipinski definition) is 6. The lowest BCUT2D eigenvalue weighted by Crippen LogP contribution is -2.24. The van der Waals surface area contributed by atoms with Crippen molar-refractivity contribution in [1.82, 2.24) is 14.8 Å². The van der Waals surface area contributed by atoms with Gasteiger partial charge in [0.2, 0.25) is 0 Å². The fraction of sp³-hybridized carbons (Fsp3) is 0.640. The summed E-state index contributed by atoms with van der Waals surface area (Å²) in [4.78, 5) is 9.95. The molecular formula is C25H36N4O2. The second-order valence-electron chi connectivity index (χ2n) is 9.44. The van der Waals surface area contributed by atoms with E-state index in [1.807, 2.05) is 0 Å². The van der Waals surface area contributed by atoms with Gasteiger partial charge in [-0.2, -0.15) is 0 Å². The van der Waals surface area contributed by atoms with Crippen LogP contribution in [0.5, 0.6) is 5.75 Å². The third-order valence-corrected chi connectivity index (χ3v) is 7.16. The third-order valence-electron chi connectivity index (χ3n) is 7.16. The van der Waals surface area contributed by atoms with Crippen LogP contribution in [-0.4, -0.2) is 74.3 Å². The first-order valence-electron chi connectivity index (χ1n) is 12.0. The lowest BCUT2D eigenvalue weighted by Gasteiger charge is -2.21. The molecule has 168 valence electrons. The maximum absolute atomic E-state index is 6.04. The topological polar surface area (TPSA) is 49.9 Å². The summed E-state index contributed by atoms with van der Waals surface area (Å²) >= 11 is 0. The van der Waals surface area contributed by atoms with Gasteiger partial charge in [0.15, 0.2) is 0 Å². The smallest absolute Gasteiger partial charge is 0.125 e. The van der Waals surface area contributed by atoms with Crippen molar-refractivity contribution < 1.29 is 9.47 Å². The Morgan fingerprint density at radius 2 is 2.00 bits per heavy atom. The van der Waals surface area contributed by atoms with Crippen molar-refractivity contribution >= 4 is 16.6 Å². The molecule has 5 rings (SSSR count). The Bertz CT molecular complexity index is 926. The van der Waals surface area contributed by atoms with Crippen LogP contribution in [-0.2, 0) is 24.2 Å². The summed E-state index contributed by atoms with van der Waals surface area (Å²) in [6, 6.07) is 4.87. The number of anilines is 1. The van der Waals surface area contributed by atoms with Crippen LogP contribution in [0.15, 0.2) is 12.1 Å². The summed E-state index contributed by atoms with van der Waals surface area (Å²) in [5, 5.41) is 5.08. The van der Waals surface area contributed by atoms with E-state index in [0.717, 1.165) is 55.9 Å². The zero-order valence-electron chi connectivity index (χ0n) is 19.1. The van der Waals surface area contributed by atoms with Gasteiger partial charge in [-0.15, -0.1) is 0 Å². The summed E-state index contributed by atoms with van der Waals surface area (Å²) in [5.74, 6) is 0.903. The van der Waals surface area contributed by atoms with Crippen LogP contribution in [0, 0.1) is 0 Å². The number of benzene rings is 1. The van der Waals surface area contributed by atoms with Gasteiger partial charge in [-0.1, -0.05) is 0 Å². The van der Waals surface area contributed by atoms with Crippen molar-refractivity contribution in [3.8, 4) is 5.75 Å². The molecule has 6 nitrogen and oxygen atoms in total. The molecule has 0 spiro atoms. The van der Waals surface area contributed by atoms with E-state index in [1.54, 1.807) is 7.11 Å². The lowest BCUT2D eigenvalue weighted by atomic mass is 10.0. The van der Waals surface area contributed by atoms with Gasteiger partial charge in [0.1, 0.15) is 5.75 Å². The zero-order valence-corrected chi connectivity index (χ0v) is 19.1. The normalized spacial score (nSPS) is 21.8. The number of ether oxygens (including phenoxy) is 2. The minimum absolute atomic E-state index is 0.500. The van der Waals surface area contributed by atoms with Crippen molar-refractivity contribution in [2.24, 2.45) is 0 Å². The van der Waals surface area contributed by atoms with Crippen LogP contribution in [0.2, 0.25) is 0 Å². The van der Waals surface area contributed by atoms with Gasteiger partial charge in [-0.05, 0) is 82.9 Å². The predicted molar refractivity (Wildman–Crippen MR) is 125 cm³/mol. The second kappa shape index (κ2) is 9.31. The molecule has 1 aromatic carbocycles. The van der Waals surface area contributed by atoms with E-state index in [4.69, 9.17) is 14.5 Å². The molecule has 2 aliphatic heterocycles. The number of aryl methyl sites for hydroxylation is 1. The molecule has 2 aromatic rings. The molecule has 1 aromatic heterocycles. The molecule has 0 unspecified atom stereocenters. The highest BCUT2D eigenvalue weighted by molar-refractivity contribution is 5.95. The molecule has 2 saturated heterocycles. The number of nitrogens with zero attached hydrogens (tertiary/aromatic N) is 3. The summed E-state index contributed by atoms with van der Waals surface area (Å²) in [5.41, 5.74) is 6.13. The Hall–Kier alpha value is -1.89. The Morgan fingerprint density at radius 1 is 1.13 bits per heavy atom. The number of pyridine rings is 1. The Labute approximate surface area is 185 Å². The fourth-order valence-electron chi connectivity index (χ4n) is 5.44. The van der Waals surface area contributed by atoms with Gasteiger partial charge in [0.05, 0.1) is 25.8 Å². The van der Waals surface area contributed by atoms with E-state index in [9.17, 15) is 0 Å². The molecule has 1 aliphatic carbocycles. The highest BCUT2D eigenvalue weighted by Gasteiger charge is 2.25. The molecule has 1 N–H and O–H groups in total. The standard InChI is InChI=1S/C25H36N4O2/c1-28-11-8-19(16-28)26-25-20-6-5-7-22(20)27-23-14-18(24(30-2)15-21(23)25)17-31-13-12-29-9-3-4-10-29/h14-15,19H,3-13,16-17H2,1-2H3,(H,26,27)/t19-/m1/s1. The van der Waals surface area contributed by atoms with E-state index in [0.29, 0.717) is 12.6 Å². The molecule has 3 heterocycles. The molecule has 2 fully saturated rings. The van der Waals surface area contributed by atoms with Crippen LogP contribution in [0.4, 0.5) is 5.69 Å². The molecule has 6 heteroatoms. The molecule has 0 radical (unpaired) electrons. The monoisotopic (exact) mass is 424 g/mol. The van der Waals surface area contributed by atoms with Gasteiger partial charge in [0.25, 0.3) is 0 Å². The number of likely N-dealkylation sites (tertiary alicyclic amines) is 2. The van der Waals surface area contributed by atoms with Crippen molar-refractivity contribution in [3.63, 3.8) is 0 Å². The lowest BCUT2D eigenvalue weighted by molar-refractivity contribution is 0.0979. The van der Waals surface area contributed by atoms with Gasteiger partial charge in [-0.25, -0.2) is 0 Å². The minimum atomic E-state index is 0.500. The SMILES string of the molecule is COc1cc2c(N[C@@H]3CCN(C)C3)c3c(nc2cc1COCCN1CCCC1)CCC3. The van der Waals surface area contributed by atoms with E-state index in [-0.39, 0.29) is 0 Å². The molecule has 0 amide bonds. The number of aromatic nitrogens is 1. The van der Waals surface area contributed by atoms with E-state index < -0.39 is 0 Å². The number of hydrogen-bond donors (Lipinski definition) is 1. The third kappa shape index (κ3) is 4.52. The van der Waals surface area contributed by atoms with Gasteiger partial charge in [0, 0.05) is 41.5 Å². The number of fused-ring (bicyclic) bond motifs is 2. The number of nitrogens with one attached hydrogen (secondary N) is 1. The van der Waals surface area contributed by atoms with Gasteiger partial charge < -0.3 is 24.6 Å². The molecule has 0 saturated carbocycles. The first-order chi connectivity index (χ1) is 15.2. The van der Waals surface area contributed by atoms with Gasteiger partial charge in [-0.3, -0.25) is 4.98 Å². The van der Waals surface area contributed by atoms with Crippen molar-refractivity contribution in [2.45, 2.75) is 51.2 Å². The van der Waals surface area contributed by atoms with Crippen molar-refractivity contribution in [1.29, 1.82) is 0 Å². The van der Waals surface area contributed by atoms with Crippen molar-refractivity contribution in [2.75, 3.05) is 58.8 Å². The largest absolute Gasteiger partial charge is 0.496 e. The Morgan fingerprint density at radius 3 is 2.77 bits per heavy atom. The van der Waals surface area contributed by atoms with E-state index in [2.05, 4.69) is 34.3 Å². The first kappa shape index (κ1) is 21.0. The maximum atomic E-state index is 6.04. The molecular weight excluding hydrogens is 388 g/mol. The van der Waals surface area contributed by atoms with Crippen LogP contribution in [0.25, 0.3) is 10.9 Å². The zero-order chi connectivity index (χ0) is 21.2. The summed E-state index contributed by atoms with van der Waals surface area (Å²) in [7, 11) is 3.96. The first-order valence-corrected chi connectivity index (χ1v) is 12.0. The maximum Gasteiger partial charge on any atom is 0.125 e. The molecule has 31 heavy (non-hydrogen) atoms. The quantitative estimate of drug-likeness (QED) is 0.655. The van der Waals surface area contributed by atoms with Crippen LogP contribution >= 0.6 is 0 Å². The molecule has 1 atom stereocenters. The summed E-state index contributed by atoms with van der Waals surface area (Å²) in [6.45, 7) is 7.03. The Kier molecular flexibility index (Phi) is 6.30. The second-order valence-corrected chi connectivity index (χ2v) is 9.44. The number of likely N-dealkylation sites (N-methyl/N-ethyl adjacent to an activating group) is 1. The van der Waals surface area contributed by atoms with E-state index in [1.165, 1.54) is 61.1 Å². The van der Waals surface area contributed by atoms with Gasteiger partial charge >= 0.3 is 0 Å². The number of rotatable bonds is 8. The van der Waals surface area contributed by atoms with Crippen LogP contribution in [0.3, 0.4) is 0 Å². The van der Waals surface area contributed by atoms with Crippen molar-refractivity contribution in [3.05, 3.63) is 29.0 Å². The minimum Gasteiger partial charge on any atom is -0.496 e. The predicted octanol–water partition coefficient (Wildman–Crippen LogP) is 3.46. The summed E-state index contributed by atoms with van der Waals surface area (Å²) < 4.78 is 11.8. The molecule has 0 bridgehead atoms. The Balaban J connectivity index is 1.39. The summed E-state index contributed by atoms with van der Waals surface area (Å²) in [6.07, 6.45) is 7.23. The van der Waals surface area contributed by atoms with Crippen LogP contribution < -0.4 is 10.1 Å². The van der Waals surface area contributed by atoms with E-state index >= 15 is 0 Å².